The average Bonchev–Trinajstić information content (AvgIpc) is 2.99. The maximum Gasteiger partial charge on any atom is 0.325 e. The third kappa shape index (κ3) is 3.96. The zero-order valence-electron chi connectivity index (χ0n) is 17.4. The first kappa shape index (κ1) is 20.1. The molecule has 1 spiro atoms. The van der Waals surface area contributed by atoms with Gasteiger partial charge in [0.15, 0.2) is 5.78 Å². The molecule has 5 nitrogen and oxygen atoms in total. The second kappa shape index (κ2) is 8.29. The molecule has 3 amide bonds. The van der Waals surface area contributed by atoms with Gasteiger partial charge >= 0.3 is 6.03 Å². The molecule has 1 aliphatic heterocycles. The van der Waals surface area contributed by atoms with E-state index in [1.807, 2.05) is 24.3 Å². The normalized spacial score (nSPS) is 28.0. The van der Waals surface area contributed by atoms with E-state index in [9.17, 15) is 14.4 Å². The largest absolute Gasteiger partial charge is 0.325 e. The summed E-state index contributed by atoms with van der Waals surface area (Å²) in [6.45, 7) is 1.99. The lowest BCUT2D eigenvalue weighted by Gasteiger charge is -2.34. The van der Waals surface area contributed by atoms with Crippen molar-refractivity contribution in [1.29, 1.82) is 0 Å². The van der Waals surface area contributed by atoms with Crippen LogP contribution >= 0.6 is 0 Å². The van der Waals surface area contributed by atoms with Gasteiger partial charge in [0.2, 0.25) is 0 Å². The van der Waals surface area contributed by atoms with Crippen molar-refractivity contribution in [2.24, 2.45) is 5.92 Å². The molecule has 1 saturated heterocycles. The Bertz CT molecular complexity index is 772. The molecule has 5 heteroatoms. The van der Waals surface area contributed by atoms with Gasteiger partial charge in [0, 0.05) is 5.56 Å². The van der Waals surface area contributed by atoms with Crippen molar-refractivity contribution in [1.82, 2.24) is 10.2 Å². The van der Waals surface area contributed by atoms with Crippen LogP contribution in [0.25, 0.3) is 0 Å². The zero-order valence-corrected chi connectivity index (χ0v) is 17.4. The summed E-state index contributed by atoms with van der Waals surface area (Å²) in [5.74, 6) is 0.827. The van der Waals surface area contributed by atoms with E-state index in [4.69, 9.17) is 0 Å². The van der Waals surface area contributed by atoms with Crippen molar-refractivity contribution in [3.63, 3.8) is 0 Å². The van der Waals surface area contributed by atoms with Crippen LogP contribution in [0, 0.1) is 5.92 Å². The van der Waals surface area contributed by atoms with Gasteiger partial charge < -0.3 is 5.32 Å². The van der Waals surface area contributed by atoms with Crippen molar-refractivity contribution in [2.45, 2.75) is 82.6 Å². The average molecular weight is 397 g/mol. The Morgan fingerprint density at radius 3 is 2.31 bits per heavy atom. The van der Waals surface area contributed by atoms with E-state index in [2.05, 4.69) is 12.2 Å². The van der Waals surface area contributed by atoms with Gasteiger partial charge in [0.05, 0.1) is 6.54 Å². The molecule has 0 atom stereocenters. The first-order valence-corrected chi connectivity index (χ1v) is 11.3. The van der Waals surface area contributed by atoms with Gasteiger partial charge in [-0.2, -0.15) is 0 Å². The Balaban J connectivity index is 1.40. The number of hydrogen-bond acceptors (Lipinski definition) is 3. The molecule has 2 aliphatic carbocycles. The third-order valence-corrected chi connectivity index (χ3v) is 7.39. The summed E-state index contributed by atoms with van der Waals surface area (Å²) in [5.41, 5.74) is 1.08. The Labute approximate surface area is 173 Å². The minimum atomic E-state index is -0.784. The second-order valence-electron chi connectivity index (χ2n) is 9.14. The number of ketones is 1. The van der Waals surface area contributed by atoms with E-state index in [-0.39, 0.29) is 18.2 Å². The second-order valence-corrected chi connectivity index (χ2v) is 9.14. The highest BCUT2D eigenvalue weighted by Crippen LogP contribution is 2.38. The quantitative estimate of drug-likeness (QED) is 0.574. The van der Waals surface area contributed by atoms with Crippen LogP contribution in [0.4, 0.5) is 4.79 Å². The van der Waals surface area contributed by atoms with Gasteiger partial charge in [-0.3, -0.25) is 14.5 Å². The fourth-order valence-electron chi connectivity index (χ4n) is 5.35. The highest BCUT2D eigenvalue weighted by atomic mass is 16.2. The fourth-order valence-corrected chi connectivity index (χ4v) is 5.35. The number of urea groups is 1. The minimum Gasteiger partial charge on any atom is -0.323 e. The molecule has 0 bridgehead atoms. The molecule has 1 N–H and O–H groups in total. The van der Waals surface area contributed by atoms with Gasteiger partial charge in [-0.25, -0.2) is 4.79 Å². The summed E-state index contributed by atoms with van der Waals surface area (Å²) in [4.78, 5) is 39.4. The lowest BCUT2D eigenvalue weighted by molar-refractivity contribution is -0.132. The molecule has 3 aliphatic rings. The number of carbonyl (C=O) groups is 3. The number of nitrogens with one attached hydrogen (secondary N) is 1. The smallest absolute Gasteiger partial charge is 0.323 e. The van der Waals surface area contributed by atoms with E-state index in [0.29, 0.717) is 30.2 Å². The molecular formula is C24H32N2O3. The topological polar surface area (TPSA) is 66.5 Å². The van der Waals surface area contributed by atoms with E-state index >= 15 is 0 Å². The van der Waals surface area contributed by atoms with Crippen LogP contribution in [0.1, 0.15) is 93.0 Å². The van der Waals surface area contributed by atoms with Crippen LogP contribution in [-0.4, -0.2) is 34.7 Å². The van der Waals surface area contributed by atoms with Gasteiger partial charge in [-0.1, -0.05) is 56.9 Å². The van der Waals surface area contributed by atoms with Crippen molar-refractivity contribution < 1.29 is 14.4 Å². The van der Waals surface area contributed by atoms with Crippen LogP contribution in [0.2, 0.25) is 0 Å². The predicted octanol–water partition coefficient (Wildman–Crippen LogP) is 4.81. The molecule has 156 valence electrons. The number of nitrogens with zero attached hydrogens (tertiary/aromatic N) is 1. The number of carbonyl (C=O) groups excluding carboxylic acids is 3. The summed E-state index contributed by atoms with van der Waals surface area (Å²) in [6.07, 6.45) is 10.7. The van der Waals surface area contributed by atoms with Gasteiger partial charge in [-0.05, 0) is 55.9 Å². The number of Topliss-reactive ketones (excluding diaryl/α,β-unsaturated/α-hetero) is 1. The van der Waals surface area contributed by atoms with Crippen LogP contribution in [0.15, 0.2) is 24.3 Å². The molecule has 0 unspecified atom stereocenters. The summed E-state index contributed by atoms with van der Waals surface area (Å²) in [6, 6.07) is 7.38. The Morgan fingerprint density at radius 2 is 1.69 bits per heavy atom. The van der Waals surface area contributed by atoms with Crippen LogP contribution < -0.4 is 5.32 Å². The van der Waals surface area contributed by atoms with E-state index in [1.54, 1.807) is 0 Å². The fraction of sp³-hybridized carbons (Fsp3) is 0.625. The van der Waals surface area contributed by atoms with Gasteiger partial charge in [0.1, 0.15) is 5.54 Å². The molecule has 0 aromatic heterocycles. The molecule has 0 radical (unpaired) electrons. The van der Waals surface area contributed by atoms with Crippen molar-refractivity contribution in [3.8, 4) is 0 Å². The van der Waals surface area contributed by atoms with Crippen LogP contribution in [0.5, 0.6) is 0 Å². The number of rotatable bonds is 5. The summed E-state index contributed by atoms with van der Waals surface area (Å²) in [7, 11) is 0. The molecule has 1 aromatic rings. The highest BCUT2D eigenvalue weighted by Gasteiger charge is 2.52. The first-order chi connectivity index (χ1) is 14.0. The Kier molecular flexibility index (Phi) is 5.75. The van der Waals surface area contributed by atoms with Gasteiger partial charge in [-0.15, -0.1) is 0 Å². The molecule has 1 aromatic carbocycles. The maximum absolute atomic E-state index is 13.0. The number of imide groups is 1. The first-order valence-electron chi connectivity index (χ1n) is 11.3. The Morgan fingerprint density at radius 1 is 1.03 bits per heavy atom. The lowest BCUT2D eigenvalue weighted by Crippen LogP contribution is -2.49. The number of amides is 3. The monoisotopic (exact) mass is 396 g/mol. The zero-order chi connectivity index (χ0) is 20.4. The molecule has 1 heterocycles. The molecule has 2 saturated carbocycles. The minimum absolute atomic E-state index is 0.174. The van der Waals surface area contributed by atoms with Crippen LogP contribution in [0.3, 0.4) is 0 Å². The predicted molar refractivity (Wildman–Crippen MR) is 112 cm³/mol. The molecule has 29 heavy (non-hydrogen) atoms. The molecular weight excluding hydrogens is 364 g/mol. The van der Waals surface area contributed by atoms with Crippen molar-refractivity contribution in [3.05, 3.63) is 35.4 Å². The lowest BCUT2D eigenvalue weighted by atomic mass is 9.75. The van der Waals surface area contributed by atoms with Gasteiger partial charge in [0.25, 0.3) is 5.91 Å². The van der Waals surface area contributed by atoms with Crippen molar-refractivity contribution in [2.75, 3.05) is 6.54 Å². The summed E-state index contributed by atoms with van der Waals surface area (Å²) >= 11 is 0. The van der Waals surface area contributed by atoms with E-state index in [0.717, 1.165) is 24.2 Å². The summed E-state index contributed by atoms with van der Waals surface area (Å²) in [5, 5.41) is 2.91. The summed E-state index contributed by atoms with van der Waals surface area (Å²) < 4.78 is 0. The number of hydrogen-bond donors (Lipinski definition) is 1. The SMILES string of the molecule is CCC1CCC2(CC1)NC(=O)N(CC(=O)c1ccc(C3CCCCC3)cc1)C2=O. The Hall–Kier alpha value is -2.17. The van der Waals surface area contributed by atoms with E-state index in [1.165, 1.54) is 37.7 Å². The van der Waals surface area contributed by atoms with Crippen molar-refractivity contribution >= 4 is 17.7 Å². The highest BCUT2D eigenvalue weighted by molar-refractivity contribution is 6.11. The third-order valence-electron chi connectivity index (χ3n) is 7.39. The molecule has 3 fully saturated rings. The van der Waals surface area contributed by atoms with E-state index < -0.39 is 11.6 Å². The standard InChI is InChI=1S/C24H32N2O3/c1-2-17-12-14-24(15-13-17)22(28)26(23(29)25-24)16-21(27)20-10-8-19(9-11-20)18-6-4-3-5-7-18/h8-11,17-18H,2-7,12-16H2,1H3,(H,25,29). The molecule has 4 rings (SSSR count). The maximum atomic E-state index is 13.0. The number of benzene rings is 1. The van der Waals surface area contributed by atoms with Crippen LogP contribution in [-0.2, 0) is 4.79 Å².